The molecular weight excluding hydrogens is 404 g/mol. The minimum absolute atomic E-state index is 0.00179. The van der Waals surface area contributed by atoms with Crippen LogP contribution in [0.4, 0.5) is 11.4 Å². The summed E-state index contributed by atoms with van der Waals surface area (Å²) in [5.74, 6) is -0.706. The normalized spacial score (nSPS) is 11.0. The minimum Gasteiger partial charge on any atom is -0.464 e. The molecule has 0 saturated carbocycles. The maximum Gasteiger partial charge on any atom is 0.357 e. The van der Waals surface area contributed by atoms with Gasteiger partial charge in [-0.25, -0.2) is 13.2 Å². The van der Waals surface area contributed by atoms with Crippen molar-refractivity contribution in [3.63, 3.8) is 0 Å². The van der Waals surface area contributed by atoms with Crippen molar-refractivity contribution >= 4 is 27.4 Å². The topological polar surface area (TPSA) is 127 Å². The third-order valence-electron chi connectivity index (χ3n) is 4.60. The molecule has 154 valence electrons. The number of nitrogens with two attached hydrogens (primary N) is 1. The molecule has 0 amide bonds. The van der Waals surface area contributed by atoms with E-state index in [1.165, 1.54) is 42.1 Å². The number of aromatic nitrogens is 1. The number of sulfonamides is 1. The molecule has 9 heteroatoms. The Kier molecular flexibility index (Phi) is 5.54. The quantitative estimate of drug-likeness (QED) is 0.606. The van der Waals surface area contributed by atoms with Gasteiger partial charge in [0.2, 0.25) is 0 Å². The molecule has 2 aromatic carbocycles. The van der Waals surface area contributed by atoms with Gasteiger partial charge in [-0.1, -0.05) is 17.7 Å². The van der Waals surface area contributed by atoms with Crippen LogP contribution in [0.15, 0.2) is 53.6 Å². The van der Waals surface area contributed by atoms with Crippen LogP contribution in [0.25, 0.3) is 5.69 Å². The van der Waals surface area contributed by atoms with Crippen molar-refractivity contribution in [1.82, 2.24) is 4.57 Å². The van der Waals surface area contributed by atoms with Gasteiger partial charge < -0.3 is 15.0 Å². The number of rotatable bonds is 5. The summed E-state index contributed by atoms with van der Waals surface area (Å²) in [7, 11) is -2.61. The maximum atomic E-state index is 12.8. The highest BCUT2D eigenvalue weighted by Crippen LogP contribution is 2.26. The smallest absolute Gasteiger partial charge is 0.357 e. The number of hydrogen-bond donors (Lipinski definition) is 2. The molecule has 0 bridgehead atoms. The second-order valence-corrected chi connectivity index (χ2v) is 8.38. The number of ether oxygens (including phenoxy) is 1. The molecule has 0 fully saturated rings. The summed E-state index contributed by atoms with van der Waals surface area (Å²) in [6.45, 7) is 3.75. The van der Waals surface area contributed by atoms with Crippen molar-refractivity contribution in [2.24, 2.45) is 0 Å². The first-order valence-corrected chi connectivity index (χ1v) is 10.4. The monoisotopic (exact) mass is 424 g/mol. The number of nitrogen functional groups attached to an aromatic ring is 1. The van der Waals surface area contributed by atoms with E-state index < -0.39 is 16.0 Å². The molecule has 1 heterocycles. The predicted octanol–water partition coefficient (Wildman–Crippen LogP) is 3.14. The average molecular weight is 424 g/mol. The second kappa shape index (κ2) is 7.93. The number of carbonyl (C=O) groups excluding carboxylic acids is 1. The molecular formula is C21H20N4O4S. The van der Waals surface area contributed by atoms with E-state index in [4.69, 9.17) is 10.5 Å². The van der Waals surface area contributed by atoms with Crippen LogP contribution in [-0.2, 0) is 14.8 Å². The fourth-order valence-corrected chi connectivity index (χ4v) is 4.17. The minimum atomic E-state index is -3.81. The zero-order chi connectivity index (χ0) is 22.1. The van der Waals surface area contributed by atoms with Crippen LogP contribution in [0.3, 0.4) is 0 Å². The van der Waals surface area contributed by atoms with E-state index >= 15 is 0 Å². The average Bonchev–Trinajstić information content (AvgIpc) is 3.06. The highest BCUT2D eigenvalue weighted by atomic mass is 32.2. The van der Waals surface area contributed by atoms with Gasteiger partial charge in [0.05, 0.1) is 28.9 Å². The van der Waals surface area contributed by atoms with Crippen LogP contribution in [-0.4, -0.2) is 26.1 Å². The molecule has 3 rings (SSSR count). The molecule has 8 nitrogen and oxygen atoms in total. The van der Waals surface area contributed by atoms with Gasteiger partial charge in [-0.3, -0.25) is 4.72 Å². The Morgan fingerprint density at radius 3 is 2.40 bits per heavy atom. The van der Waals surface area contributed by atoms with Gasteiger partial charge in [0.25, 0.3) is 10.0 Å². The molecule has 0 spiro atoms. The van der Waals surface area contributed by atoms with Crippen LogP contribution in [0.5, 0.6) is 0 Å². The number of nitrogens with zero attached hydrogens (tertiary/aromatic N) is 2. The molecule has 0 radical (unpaired) electrons. The molecule has 0 aliphatic heterocycles. The summed E-state index contributed by atoms with van der Waals surface area (Å²) in [5, 5.41) is 9.21. The number of esters is 1. The number of methoxy groups -OCH3 is 1. The summed E-state index contributed by atoms with van der Waals surface area (Å²) in [4.78, 5) is 12.2. The first-order chi connectivity index (χ1) is 14.2. The van der Waals surface area contributed by atoms with Gasteiger partial charge in [-0.2, -0.15) is 5.26 Å². The second-order valence-electron chi connectivity index (χ2n) is 6.70. The fourth-order valence-electron chi connectivity index (χ4n) is 3.04. The molecule has 0 atom stereocenters. The number of nitriles is 1. The van der Waals surface area contributed by atoms with Crippen molar-refractivity contribution < 1.29 is 17.9 Å². The van der Waals surface area contributed by atoms with Crippen molar-refractivity contribution in [3.8, 4) is 11.8 Å². The number of anilines is 2. The Labute approximate surface area is 174 Å². The highest BCUT2D eigenvalue weighted by molar-refractivity contribution is 7.92. The van der Waals surface area contributed by atoms with Crippen LogP contribution >= 0.6 is 0 Å². The van der Waals surface area contributed by atoms with Crippen LogP contribution in [0, 0.1) is 25.2 Å². The van der Waals surface area contributed by atoms with Crippen molar-refractivity contribution in [3.05, 3.63) is 71.0 Å². The van der Waals surface area contributed by atoms with E-state index in [2.05, 4.69) is 4.72 Å². The zero-order valence-corrected chi connectivity index (χ0v) is 17.4. The lowest BCUT2D eigenvalue weighted by Gasteiger charge is -2.12. The Morgan fingerprint density at radius 2 is 1.83 bits per heavy atom. The number of benzene rings is 2. The molecule has 1 aromatic heterocycles. The van der Waals surface area contributed by atoms with Crippen molar-refractivity contribution in [1.29, 1.82) is 5.26 Å². The van der Waals surface area contributed by atoms with Crippen molar-refractivity contribution in [2.75, 3.05) is 17.6 Å². The molecule has 3 N–H and O–H groups in total. The Bertz CT molecular complexity index is 1270. The van der Waals surface area contributed by atoms with Gasteiger partial charge >= 0.3 is 5.97 Å². The fraction of sp³-hybridized carbons (Fsp3) is 0.143. The summed E-state index contributed by atoms with van der Waals surface area (Å²) in [6, 6.07) is 13.2. The number of aryl methyl sites for hydroxylation is 2. The van der Waals surface area contributed by atoms with Gasteiger partial charge in [0.1, 0.15) is 6.07 Å². The molecule has 0 unspecified atom stereocenters. The molecule has 3 aromatic rings. The largest absolute Gasteiger partial charge is 0.464 e. The Morgan fingerprint density at radius 1 is 1.17 bits per heavy atom. The van der Waals surface area contributed by atoms with E-state index in [1.54, 1.807) is 6.07 Å². The molecule has 30 heavy (non-hydrogen) atoms. The third-order valence-corrected chi connectivity index (χ3v) is 5.98. The summed E-state index contributed by atoms with van der Waals surface area (Å²) in [5.41, 5.74) is 8.79. The summed E-state index contributed by atoms with van der Waals surface area (Å²) < 4.78 is 34.2. The zero-order valence-electron chi connectivity index (χ0n) is 16.6. The van der Waals surface area contributed by atoms with Gasteiger partial charge in [-0.05, 0) is 49.7 Å². The predicted molar refractivity (Wildman–Crippen MR) is 113 cm³/mol. The van der Waals surface area contributed by atoms with Crippen LogP contribution in [0.2, 0.25) is 0 Å². The third kappa shape index (κ3) is 3.86. The Balaban J connectivity index is 1.97. The lowest BCUT2D eigenvalue weighted by molar-refractivity contribution is 0.0593. The Hall–Kier alpha value is -3.77. The SMILES string of the molecule is COC(=O)c1c(N)c(C#N)cn1-c1ccc(S(=O)(=O)Nc2ccc(C)cc2C)cc1. The van der Waals surface area contributed by atoms with Crippen molar-refractivity contribution in [2.45, 2.75) is 18.7 Å². The first kappa shape index (κ1) is 21.0. The summed E-state index contributed by atoms with van der Waals surface area (Å²) >= 11 is 0. The standard InChI is InChI=1S/C21H20N4O4S/c1-13-4-9-18(14(2)10-13)24-30(27,28)17-7-5-16(6-8-17)25-12-15(11-22)19(23)20(25)21(26)29-3/h4-10,12,24H,23H2,1-3H3. The maximum absolute atomic E-state index is 12.8. The molecule has 0 aliphatic carbocycles. The van der Waals surface area contributed by atoms with E-state index in [-0.39, 0.29) is 21.8 Å². The lowest BCUT2D eigenvalue weighted by Crippen LogP contribution is -2.14. The van der Waals surface area contributed by atoms with E-state index in [1.807, 2.05) is 32.0 Å². The highest BCUT2D eigenvalue weighted by Gasteiger charge is 2.22. The van der Waals surface area contributed by atoms with E-state index in [0.717, 1.165) is 11.1 Å². The number of hydrogen-bond acceptors (Lipinski definition) is 6. The van der Waals surface area contributed by atoms with Crippen LogP contribution < -0.4 is 10.5 Å². The summed E-state index contributed by atoms with van der Waals surface area (Å²) in [6.07, 6.45) is 1.40. The first-order valence-electron chi connectivity index (χ1n) is 8.87. The lowest BCUT2D eigenvalue weighted by atomic mass is 10.1. The van der Waals surface area contributed by atoms with Crippen LogP contribution in [0.1, 0.15) is 27.2 Å². The van der Waals surface area contributed by atoms with Gasteiger partial charge in [0, 0.05) is 11.9 Å². The molecule has 0 saturated heterocycles. The number of nitrogens with one attached hydrogen (secondary N) is 1. The number of carbonyl (C=O) groups is 1. The van der Waals surface area contributed by atoms with E-state index in [0.29, 0.717) is 11.4 Å². The van der Waals surface area contributed by atoms with E-state index in [9.17, 15) is 18.5 Å². The molecule has 0 aliphatic rings. The van der Waals surface area contributed by atoms with Gasteiger partial charge in [-0.15, -0.1) is 0 Å². The van der Waals surface area contributed by atoms with Gasteiger partial charge in [0.15, 0.2) is 5.69 Å².